The largest absolute Gasteiger partial charge is 0.507 e. The quantitative estimate of drug-likeness (QED) is 0.288. The van der Waals surface area contributed by atoms with Gasteiger partial charge in [-0.15, -0.1) is 0 Å². The Hall–Kier alpha value is -2.49. The van der Waals surface area contributed by atoms with Gasteiger partial charge in [0.1, 0.15) is 11.5 Å². The molecule has 2 N–H and O–H groups in total. The lowest BCUT2D eigenvalue weighted by Gasteiger charge is -2.33. The second kappa shape index (κ2) is 13.7. The summed E-state index contributed by atoms with van der Waals surface area (Å²) in [5, 5.41) is 22.5. The second-order valence-electron chi connectivity index (χ2n) is 16.9. The highest BCUT2D eigenvalue weighted by Gasteiger charge is 2.29. The number of hydrogen-bond donors (Lipinski definition) is 2. The predicted molar refractivity (Wildman–Crippen MR) is 184 cm³/mol. The molecule has 0 saturated carbocycles. The molecule has 2 rings (SSSR count). The summed E-state index contributed by atoms with van der Waals surface area (Å²) in [7, 11) is 0. The molecule has 0 bridgehead atoms. The first kappa shape index (κ1) is 36.7. The summed E-state index contributed by atoms with van der Waals surface area (Å²) in [6.07, 6.45) is 5.42. The highest BCUT2D eigenvalue weighted by molar-refractivity contribution is 5.73. The number of nitrogens with zero attached hydrogens (tertiary/aromatic N) is 1. The zero-order valence-electron chi connectivity index (χ0n) is 30.1. The van der Waals surface area contributed by atoms with Crippen molar-refractivity contribution in [2.45, 2.75) is 163 Å². The lowest BCUT2D eigenvalue weighted by molar-refractivity contribution is -0.131. The Labute approximate surface area is 264 Å². The molecule has 1 amide bonds. The van der Waals surface area contributed by atoms with Crippen molar-refractivity contribution in [1.29, 1.82) is 0 Å². The molecule has 0 heterocycles. The van der Waals surface area contributed by atoms with E-state index in [1.165, 1.54) is 11.1 Å². The summed E-state index contributed by atoms with van der Waals surface area (Å²) in [5.41, 5.74) is 5.63. The molecule has 242 valence electrons. The van der Waals surface area contributed by atoms with Gasteiger partial charge in [0.2, 0.25) is 5.91 Å². The molecule has 0 aliphatic rings. The Kier molecular flexibility index (Phi) is 11.7. The minimum absolute atomic E-state index is 0.0963. The molecule has 0 saturated heterocycles. The van der Waals surface area contributed by atoms with Crippen molar-refractivity contribution in [2.24, 2.45) is 0 Å². The summed E-state index contributed by atoms with van der Waals surface area (Å²) in [5.74, 6) is 0.946. The highest BCUT2D eigenvalue weighted by atomic mass is 16.3. The standard InChI is InChI=1S/C39H63NO3/c1-15-16-21-40(26(2)41)29(19-17-27-22-30(36(3,4)5)34(42)31(23-27)37(6,7)8)20-18-28-24-32(38(9,10)11)35(43)33(25-28)39(12,13)14/h22-25,29,42-43H,15-21H2,1-14H3. The maximum Gasteiger partial charge on any atom is 0.219 e. The number of carbonyl (C=O) groups is 1. The zero-order valence-corrected chi connectivity index (χ0v) is 30.1. The summed E-state index contributed by atoms with van der Waals surface area (Å²) in [6, 6.07) is 8.81. The fraction of sp³-hybridized carbons (Fsp3) is 0.667. The van der Waals surface area contributed by atoms with Crippen LogP contribution in [-0.2, 0) is 39.3 Å². The lowest BCUT2D eigenvalue weighted by Crippen LogP contribution is -2.40. The minimum atomic E-state index is -0.180. The molecule has 0 aliphatic heterocycles. The number of benzene rings is 2. The van der Waals surface area contributed by atoms with Gasteiger partial charge in [-0.25, -0.2) is 0 Å². The van der Waals surface area contributed by atoms with Crippen LogP contribution < -0.4 is 0 Å². The van der Waals surface area contributed by atoms with Crippen LogP contribution in [-0.4, -0.2) is 33.6 Å². The van der Waals surface area contributed by atoms with E-state index in [2.05, 4.69) is 119 Å². The van der Waals surface area contributed by atoms with Crippen molar-refractivity contribution >= 4 is 5.91 Å². The van der Waals surface area contributed by atoms with Crippen LogP contribution in [0.25, 0.3) is 0 Å². The maximum atomic E-state index is 13.0. The molecule has 0 aromatic heterocycles. The van der Waals surface area contributed by atoms with E-state index in [1.54, 1.807) is 6.92 Å². The van der Waals surface area contributed by atoms with Crippen LogP contribution in [0.2, 0.25) is 0 Å². The zero-order chi connectivity index (χ0) is 33.1. The number of rotatable bonds is 10. The van der Waals surface area contributed by atoms with Crippen molar-refractivity contribution in [3.8, 4) is 11.5 Å². The van der Waals surface area contributed by atoms with Crippen LogP contribution in [0.3, 0.4) is 0 Å². The van der Waals surface area contributed by atoms with Crippen molar-refractivity contribution in [3.63, 3.8) is 0 Å². The van der Waals surface area contributed by atoms with Crippen LogP contribution >= 0.6 is 0 Å². The van der Waals surface area contributed by atoms with Gasteiger partial charge in [0.15, 0.2) is 0 Å². The average molecular weight is 594 g/mol. The first-order chi connectivity index (χ1) is 19.5. The number of phenolic OH excluding ortho intramolecular Hbond substituents is 2. The van der Waals surface area contributed by atoms with Crippen LogP contribution in [0, 0.1) is 0 Å². The molecule has 4 nitrogen and oxygen atoms in total. The van der Waals surface area contributed by atoms with E-state index in [-0.39, 0.29) is 33.6 Å². The van der Waals surface area contributed by atoms with E-state index >= 15 is 0 Å². The van der Waals surface area contributed by atoms with Gasteiger partial charge in [-0.3, -0.25) is 4.79 Å². The summed E-state index contributed by atoms with van der Waals surface area (Å²) in [4.78, 5) is 15.1. The minimum Gasteiger partial charge on any atom is -0.507 e. The van der Waals surface area contributed by atoms with E-state index < -0.39 is 0 Å². The first-order valence-corrected chi connectivity index (χ1v) is 16.5. The second-order valence-corrected chi connectivity index (χ2v) is 16.9. The molecule has 0 aliphatic carbocycles. The third kappa shape index (κ3) is 9.75. The SMILES string of the molecule is CCCCN(C(C)=O)C(CCc1cc(C(C)(C)C)c(O)c(C(C)(C)C)c1)CCc1cc(C(C)(C)C)c(O)c(C(C)(C)C)c1. The van der Waals surface area contributed by atoms with Crippen LogP contribution in [0.4, 0.5) is 0 Å². The Bertz CT molecular complexity index is 1090. The molecule has 4 heteroatoms. The number of unbranched alkanes of at least 4 members (excludes halogenated alkanes) is 1. The predicted octanol–water partition coefficient (Wildman–Crippen LogP) is 9.87. The molecule has 2 aromatic carbocycles. The number of amides is 1. The molecular formula is C39H63NO3. The number of aromatic hydroxyl groups is 2. The van der Waals surface area contributed by atoms with Crippen molar-refractivity contribution in [3.05, 3.63) is 57.6 Å². The van der Waals surface area contributed by atoms with E-state index in [0.717, 1.165) is 67.3 Å². The van der Waals surface area contributed by atoms with E-state index in [4.69, 9.17) is 0 Å². The fourth-order valence-electron chi connectivity index (χ4n) is 6.01. The number of phenols is 2. The lowest BCUT2D eigenvalue weighted by atomic mass is 9.77. The molecular weight excluding hydrogens is 530 g/mol. The van der Waals surface area contributed by atoms with Gasteiger partial charge >= 0.3 is 0 Å². The molecule has 0 radical (unpaired) electrons. The normalized spacial score (nSPS) is 13.1. The molecule has 43 heavy (non-hydrogen) atoms. The molecule has 0 spiro atoms. The Morgan fingerprint density at radius 3 is 1.19 bits per heavy atom. The smallest absolute Gasteiger partial charge is 0.219 e. The summed E-state index contributed by atoms with van der Waals surface area (Å²) < 4.78 is 0. The van der Waals surface area contributed by atoms with Crippen molar-refractivity contribution in [1.82, 2.24) is 4.90 Å². The molecule has 0 atom stereocenters. The monoisotopic (exact) mass is 593 g/mol. The number of carbonyl (C=O) groups excluding carboxylic acids is 1. The number of aryl methyl sites for hydroxylation is 2. The van der Waals surface area contributed by atoms with Crippen molar-refractivity contribution < 1.29 is 15.0 Å². The van der Waals surface area contributed by atoms with Crippen LogP contribution in [0.15, 0.2) is 24.3 Å². The van der Waals surface area contributed by atoms with Gasteiger partial charge < -0.3 is 15.1 Å². The third-order valence-corrected chi connectivity index (χ3v) is 8.70. The fourth-order valence-corrected chi connectivity index (χ4v) is 6.01. The van der Waals surface area contributed by atoms with Crippen LogP contribution in [0.1, 0.15) is 156 Å². The third-order valence-electron chi connectivity index (χ3n) is 8.70. The van der Waals surface area contributed by atoms with Crippen LogP contribution in [0.5, 0.6) is 11.5 Å². The summed E-state index contributed by atoms with van der Waals surface area (Å²) >= 11 is 0. The Morgan fingerprint density at radius 2 is 0.953 bits per heavy atom. The summed E-state index contributed by atoms with van der Waals surface area (Å²) in [6.45, 7) is 30.5. The van der Waals surface area contributed by atoms with Gasteiger partial charge in [0, 0.05) is 19.5 Å². The van der Waals surface area contributed by atoms with Gasteiger partial charge in [0.05, 0.1) is 0 Å². The molecule has 2 aromatic rings. The average Bonchev–Trinajstić information content (AvgIpc) is 2.83. The maximum absolute atomic E-state index is 13.0. The van der Waals surface area contributed by atoms with Crippen molar-refractivity contribution in [2.75, 3.05) is 6.54 Å². The van der Waals surface area contributed by atoms with Gasteiger partial charge in [-0.2, -0.15) is 0 Å². The molecule has 0 fully saturated rings. The van der Waals surface area contributed by atoms with E-state index in [0.29, 0.717) is 11.5 Å². The topological polar surface area (TPSA) is 60.8 Å². The molecule has 0 unspecified atom stereocenters. The van der Waals surface area contributed by atoms with Gasteiger partial charge in [0.25, 0.3) is 0 Å². The number of hydrogen-bond acceptors (Lipinski definition) is 3. The highest BCUT2D eigenvalue weighted by Crippen LogP contribution is 2.41. The van der Waals surface area contributed by atoms with E-state index in [1.807, 2.05) is 0 Å². The van der Waals surface area contributed by atoms with Gasteiger partial charge in [-0.05, 0) is 87.1 Å². The Balaban J connectivity index is 2.52. The Morgan fingerprint density at radius 1 is 0.651 bits per heavy atom. The first-order valence-electron chi connectivity index (χ1n) is 16.5. The van der Waals surface area contributed by atoms with E-state index in [9.17, 15) is 15.0 Å². The van der Waals surface area contributed by atoms with Gasteiger partial charge in [-0.1, -0.05) is 121 Å².